The van der Waals surface area contributed by atoms with Gasteiger partial charge >= 0.3 is 5.97 Å². The maximum Gasteiger partial charge on any atom is 0.306 e. The summed E-state index contributed by atoms with van der Waals surface area (Å²) in [7, 11) is 0. The number of fused-ring (bicyclic) bond motifs is 1. The highest BCUT2D eigenvalue weighted by atomic mass is 16.5. The van der Waals surface area contributed by atoms with Crippen molar-refractivity contribution in [3.05, 3.63) is 42.0 Å². The highest BCUT2D eigenvalue weighted by molar-refractivity contribution is 5.84. The fourth-order valence-corrected chi connectivity index (χ4v) is 3.84. The van der Waals surface area contributed by atoms with E-state index in [1.54, 1.807) is 0 Å². The van der Waals surface area contributed by atoms with Gasteiger partial charge in [0.2, 0.25) is 0 Å². The van der Waals surface area contributed by atoms with Crippen molar-refractivity contribution in [2.75, 3.05) is 26.3 Å². The first kappa shape index (κ1) is 17.3. The molecule has 2 aliphatic rings. The first-order valence-electron chi connectivity index (χ1n) is 9.39. The third-order valence-corrected chi connectivity index (χ3v) is 5.41. The Morgan fingerprint density at radius 1 is 1.12 bits per heavy atom. The summed E-state index contributed by atoms with van der Waals surface area (Å²) < 4.78 is 11.3. The molecule has 0 spiro atoms. The Balaban J connectivity index is 1.40. The van der Waals surface area contributed by atoms with Crippen LogP contribution in [-0.4, -0.2) is 48.4 Å². The fraction of sp³-hybridized carbons (Fsp3) is 0.476. The van der Waals surface area contributed by atoms with Crippen molar-refractivity contribution in [3.63, 3.8) is 0 Å². The zero-order valence-electron chi connectivity index (χ0n) is 14.9. The number of hydrogen-bond donors (Lipinski definition) is 1. The number of piperidine rings is 1. The Bertz CT molecular complexity index is 777. The fourth-order valence-electron chi connectivity index (χ4n) is 3.84. The summed E-state index contributed by atoms with van der Waals surface area (Å²) in [6, 6.07) is 12.8. The lowest BCUT2D eigenvalue weighted by Crippen LogP contribution is -2.35. The monoisotopic (exact) mass is 355 g/mol. The van der Waals surface area contributed by atoms with Gasteiger partial charge < -0.3 is 14.6 Å². The summed E-state index contributed by atoms with van der Waals surface area (Å²) in [4.78, 5) is 13.4. The summed E-state index contributed by atoms with van der Waals surface area (Å²) in [6.45, 7) is 4.04. The Morgan fingerprint density at radius 2 is 1.88 bits per heavy atom. The molecule has 2 aromatic rings. The van der Waals surface area contributed by atoms with Crippen LogP contribution in [0.25, 0.3) is 10.8 Å². The maximum atomic E-state index is 11.1. The minimum absolute atomic E-state index is 0.167. The summed E-state index contributed by atoms with van der Waals surface area (Å²) in [5, 5.41) is 11.5. The molecule has 0 radical (unpaired) electrons. The van der Waals surface area contributed by atoms with Crippen LogP contribution in [0.4, 0.5) is 0 Å². The quantitative estimate of drug-likeness (QED) is 0.892. The summed E-state index contributed by atoms with van der Waals surface area (Å²) in [5.74, 6) is 0.0700. The predicted molar refractivity (Wildman–Crippen MR) is 99.4 cm³/mol. The van der Waals surface area contributed by atoms with Gasteiger partial charge in [-0.3, -0.25) is 9.69 Å². The van der Waals surface area contributed by atoms with E-state index in [1.165, 1.54) is 16.3 Å². The van der Waals surface area contributed by atoms with Gasteiger partial charge in [-0.05, 0) is 60.5 Å². The second-order valence-electron chi connectivity index (χ2n) is 7.34. The Morgan fingerprint density at radius 3 is 2.62 bits per heavy atom. The topological polar surface area (TPSA) is 59.0 Å². The van der Waals surface area contributed by atoms with Gasteiger partial charge in [0.15, 0.2) is 0 Å². The normalized spacial score (nSPS) is 21.9. The molecular formula is C21H25NO4. The smallest absolute Gasteiger partial charge is 0.306 e. The molecule has 2 fully saturated rings. The van der Waals surface area contributed by atoms with E-state index in [-0.39, 0.29) is 12.0 Å². The van der Waals surface area contributed by atoms with E-state index in [0.717, 1.165) is 51.3 Å². The summed E-state index contributed by atoms with van der Waals surface area (Å²) in [6.07, 6.45) is 2.61. The van der Waals surface area contributed by atoms with Gasteiger partial charge in [0.05, 0.1) is 19.1 Å². The largest absolute Gasteiger partial charge is 0.488 e. The number of nitrogens with zero attached hydrogens (tertiary/aromatic N) is 1. The lowest BCUT2D eigenvalue weighted by molar-refractivity contribution is -0.143. The van der Waals surface area contributed by atoms with Crippen LogP contribution in [0, 0.1) is 5.92 Å². The van der Waals surface area contributed by atoms with Crippen LogP contribution >= 0.6 is 0 Å². The van der Waals surface area contributed by atoms with E-state index in [1.807, 2.05) is 6.07 Å². The molecule has 0 aliphatic carbocycles. The number of benzene rings is 2. The molecule has 1 atom stereocenters. The standard InChI is InChI=1S/C21H25NO4/c23-21(24)16-5-8-22(9-6-16)13-15-1-2-18-12-19(4-3-17(18)11-15)26-20-7-10-25-14-20/h1-4,11-12,16,20H,5-10,13-14H2,(H,23,24)/t20-/m0/s1. The van der Waals surface area contributed by atoms with Crippen molar-refractivity contribution in [1.82, 2.24) is 4.90 Å². The van der Waals surface area contributed by atoms with Crippen molar-refractivity contribution < 1.29 is 19.4 Å². The molecule has 0 saturated carbocycles. The first-order chi connectivity index (χ1) is 12.7. The van der Waals surface area contributed by atoms with Gasteiger partial charge in [0.1, 0.15) is 11.9 Å². The minimum atomic E-state index is -0.655. The highest BCUT2D eigenvalue weighted by Gasteiger charge is 2.24. The number of carboxylic acid groups (broad SMARTS) is 1. The van der Waals surface area contributed by atoms with Crippen LogP contribution in [-0.2, 0) is 16.1 Å². The molecule has 0 amide bonds. The molecule has 2 aromatic carbocycles. The van der Waals surface area contributed by atoms with Gasteiger partial charge in [-0.1, -0.05) is 18.2 Å². The van der Waals surface area contributed by atoms with Crippen molar-refractivity contribution >= 4 is 16.7 Å². The summed E-state index contributed by atoms with van der Waals surface area (Å²) >= 11 is 0. The van der Waals surface area contributed by atoms with Crippen LogP contribution in [0.15, 0.2) is 36.4 Å². The van der Waals surface area contributed by atoms with Crippen LogP contribution in [0.5, 0.6) is 5.75 Å². The molecule has 2 saturated heterocycles. The zero-order valence-corrected chi connectivity index (χ0v) is 14.9. The molecule has 2 aliphatic heterocycles. The van der Waals surface area contributed by atoms with Gasteiger partial charge in [-0.15, -0.1) is 0 Å². The molecule has 0 bridgehead atoms. The number of rotatable bonds is 5. The van der Waals surface area contributed by atoms with E-state index in [2.05, 4.69) is 35.2 Å². The SMILES string of the molecule is O=C(O)C1CCN(Cc2ccc3cc(O[C@H]4CCOC4)ccc3c2)CC1. The minimum Gasteiger partial charge on any atom is -0.488 e. The molecule has 138 valence electrons. The average molecular weight is 355 g/mol. The lowest BCUT2D eigenvalue weighted by Gasteiger charge is -2.30. The predicted octanol–water partition coefficient (Wildman–Crippen LogP) is 3.30. The Labute approximate surface area is 153 Å². The third kappa shape index (κ3) is 4.00. The number of aliphatic carboxylic acids is 1. The van der Waals surface area contributed by atoms with Crippen molar-refractivity contribution in [2.24, 2.45) is 5.92 Å². The number of ether oxygens (including phenoxy) is 2. The number of carbonyl (C=O) groups is 1. The van der Waals surface area contributed by atoms with Crippen LogP contribution in [0.3, 0.4) is 0 Å². The van der Waals surface area contributed by atoms with Gasteiger partial charge in [-0.2, -0.15) is 0 Å². The van der Waals surface area contributed by atoms with E-state index in [9.17, 15) is 4.79 Å². The van der Waals surface area contributed by atoms with E-state index < -0.39 is 5.97 Å². The first-order valence-corrected chi connectivity index (χ1v) is 9.39. The molecule has 2 heterocycles. The molecule has 5 heteroatoms. The molecule has 5 nitrogen and oxygen atoms in total. The number of hydrogen-bond acceptors (Lipinski definition) is 4. The van der Waals surface area contributed by atoms with E-state index in [4.69, 9.17) is 14.6 Å². The average Bonchev–Trinajstić information content (AvgIpc) is 3.15. The molecule has 4 rings (SSSR count). The van der Waals surface area contributed by atoms with Crippen LogP contribution in [0.2, 0.25) is 0 Å². The molecule has 26 heavy (non-hydrogen) atoms. The van der Waals surface area contributed by atoms with Crippen LogP contribution in [0.1, 0.15) is 24.8 Å². The molecular weight excluding hydrogens is 330 g/mol. The summed E-state index contributed by atoms with van der Waals surface area (Å²) in [5.41, 5.74) is 1.27. The maximum absolute atomic E-state index is 11.1. The Kier molecular flexibility index (Phi) is 5.09. The second-order valence-corrected chi connectivity index (χ2v) is 7.34. The van der Waals surface area contributed by atoms with E-state index in [0.29, 0.717) is 6.61 Å². The number of likely N-dealkylation sites (tertiary alicyclic amines) is 1. The molecule has 0 aromatic heterocycles. The van der Waals surface area contributed by atoms with Crippen molar-refractivity contribution in [3.8, 4) is 5.75 Å². The van der Waals surface area contributed by atoms with E-state index >= 15 is 0 Å². The Hall–Kier alpha value is -2.11. The van der Waals surface area contributed by atoms with Crippen molar-refractivity contribution in [2.45, 2.75) is 31.9 Å². The van der Waals surface area contributed by atoms with Crippen molar-refractivity contribution in [1.29, 1.82) is 0 Å². The van der Waals surface area contributed by atoms with Gasteiger partial charge in [0.25, 0.3) is 0 Å². The van der Waals surface area contributed by atoms with Gasteiger partial charge in [0, 0.05) is 13.0 Å². The second kappa shape index (κ2) is 7.64. The third-order valence-electron chi connectivity index (χ3n) is 5.41. The molecule has 1 N–H and O–H groups in total. The number of carboxylic acids is 1. The van der Waals surface area contributed by atoms with Gasteiger partial charge in [-0.25, -0.2) is 0 Å². The zero-order chi connectivity index (χ0) is 17.9. The lowest BCUT2D eigenvalue weighted by atomic mass is 9.96. The molecule has 0 unspecified atom stereocenters. The van der Waals surface area contributed by atoms with Crippen LogP contribution < -0.4 is 4.74 Å². The highest BCUT2D eigenvalue weighted by Crippen LogP contribution is 2.25.